The molecule has 2 aromatic heterocycles. The van der Waals surface area contributed by atoms with Gasteiger partial charge in [-0.3, -0.25) is 9.52 Å². The maximum atomic E-state index is 14.9. The number of benzene rings is 1. The summed E-state index contributed by atoms with van der Waals surface area (Å²) in [5.74, 6) is -3.47. The molecular weight excluding hydrogens is 442 g/mol. The molecule has 0 aliphatic heterocycles. The summed E-state index contributed by atoms with van der Waals surface area (Å²) < 4.78 is 62.4. The van der Waals surface area contributed by atoms with Crippen LogP contribution in [0.3, 0.4) is 0 Å². The van der Waals surface area contributed by atoms with Gasteiger partial charge in [-0.1, -0.05) is 11.6 Å². The van der Waals surface area contributed by atoms with Crippen molar-refractivity contribution in [3.63, 3.8) is 0 Å². The number of carbonyl (C=O) groups excluding carboxylic acids is 1. The van der Waals surface area contributed by atoms with Crippen molar-refractivity contribution in [2.24, 2.45) is 0 Å². The number of aromatic nitrogens is 2. The largest absolute Gasteiger partial charge is 0.385 e. The van der Waals surface area contributed by atoms with Crippen LogP contribution in [0.15, 0.2) is 30.6 Å². The summed E-state index contributed by atoms with van der Waals surface area (Å²) in [5.41, 5.74) is -1.23. The van der Waals surface area contributed by atoms with E-state index in [1.807, 2.05) is 4.72 Å². The minimum Gasteiger partial charge on any atom is -0.385 e. The molecule has 0 bridgehead atoms. The van der Waals surface area contributed by atoms with Gasteiger partial charge in [-0.15, -0.1) is 0 Å². The lowest BCUT2D eigenvalue weighted by atomic mass is 10.0. The van der Waals surface area contributed by atoms with Crippen molar-refractivity contribution in [3.05, 3.63) is 58.4 Å². The molecule has 2 heterocycles. The summed E-state index contributed by atoms with van der Waals surface area (Å²) in [7, 11) is -2.68. The van der Waals surface area contributed by atoms with E-state index >= 15 is 0 Å². The Balaban J connectivity index is 1.92. The minimum atomic E-state index is -4.15. The van der Waals surface area contributed by atoms with E-state index in [1.165, 1.54) is 25.6 Å². The van der Waals surface area contributed by atoms with Gasteiger partial charge >= 0.3 is 0 Å². The fourth-order valence-corrected chi connectivity index (χ4v) is 3.83. The molecule has 12 heteroatoms. The molecule has 0 saturated heterocycles. The lowest BCUT2D eigenvalue weighted by Gasteiger charge is -2.12. The number of ketones is 1. The Morgan fingerprint density at radius 2 is 2.10 bits per heavy atom. The molecule has 0 atom stereocenters. The Labute approximate surface area is 175 Å². The number of aromatic amines is 1. The third-order valence-electron chi connectivity index (χ3n) is 4.12. The van der Waals surface area contributed by atoms with Crippen molar-refractivity contribution >= 4 is 44.3 Å². The number of carbonyl (C=O) groups is 1. The van der Waals surface area contributed by atoms with Crippen molar-refractivity contribution in [2.75, 3.05) is 25.0 Å². The molecule has 1 aromatic carbocycles. The number of hydrogen-bond donors (Lipinski definition) is 3. The molecule has 0 radical (unpaired) electrons. The maximum absolute atomic E-state index is 14.9. The first-order chi connectivity index (χ1) is 14.2. The Kier molecular flexibility index (Phi) is 6.66. The predicted octanol–water partition coefficient (Wildman–Crippen LogP) is 3.01. The van der Waals surface area contributed by atoms with Crippen molar-refractivity contribution in [3.8, 4) is 0 Å². The first-order valence-electron chi connectivity index (χ1n) is 8.65. The summed E-state index contributed by atoms with van der Waals surface area (Å²) in [4.78, 5) is 19.6. The van der Waals surface area contributed by atoms with Gasteiger partial charge in [0.05, 0.1) is 16.3 Å². The van der Waals surface area contributed by atoms with Gasteiger partial charge in [-0.25, -0.2) is 13.8 Å². The highest BCUT2D eigenvalue weighted by atomic mass is 35.5. The highest BCUT2D eigenvalue weighted by molar-refractivity contribution is 7.90. The van der Waals surface area contributed by atoms with Gasteiger partial charge in [0.1, 0.15) is 11.5 Å². The van der Waals surface area contributed by atoms with E-state index in [4.69, 9.17) is 16.3 Å². The Morgan fingerprint density at radius 1 is 1.33 bits per heavy atom. The van der Waals surface area contributed by atoms with E-state index in [0.717, 1.165) is 12.1 Å². The number of H-pyrrole nitrogens is 1. The molecule has 0 spiro atoms. The van der Waals surface area contributed by atoms with E-state index in [2.05, 4.69) is 14.7 Å². The molecule has 0 aliphatic carbocycles. The SMILES string of the molecule is COCCCNS(=O)(=O)Nc1ccc(F)c(C(=O)c2c[nH]c3ncc(Cl)cc23)c1F. The van der Waals surface area contributed by atoms with Crippen LogP contribution in [0, 0.1) is 11.6 Å². The van der Waals surface area contributed by atoms with Gasteiger partial charge in [-0.2, -0.15) is 13.1 Å². The van der Waals surface area contributed by atoms with E-state index in [9.17, 15) is 22.0 Å². The van der Waals surface area contributed by atoms with Gasteiger partial charge in [0.25, 0.3) is 10.2 Å². The quantitative estimate of drug-likeness (QED) is 0.337. The van der Waals surface area contributed by atoms with Gasteiger partial charge in [-0.05, 0) is 24.6 Å². The second-order valence-electron chi connectivity index (χ2n) is 6.21. The molecule has 0 fully saturated rings. The van der Waals surface area contributed by atoms with Crippen molar-refractivity contribution in [2.45, 2.75) is 6.42 Å². The lowest BCUT2D eigenvalue weighted by Crippen LogP contribution is -2.32. The minimum absolute atomic E-state index is 0.0425. The fourth-order valence-electron chi connectivity index (χ4n) is 2.74. The molecule has 3 aromatic rings. The number of halogens is 3. The molecule has 0 aliphatic rings. The monoisotopic (exact) mass is 458 g/mol. The molecule has 0 unspecified atom stereocenters. The number of fused-ring (bicyclic) bond motifs is 1. The molecular formula is C18H17ClF2N4O4S. The van der Waals surface area contributed by atoms with Crippen LogP contribution in [-0.2, 0) is 14.9 Å². The summed E-state index contributed by atoms with van der Waals surface area (Å²) >= 11 is 5.89. The van der Waals surface area contributed by atoms with Crippen molar-refractivity contribution in [1.82, 2.24) is 14.7 Å². The topological polar surface area (TPSA) is 113 Å². The average Bonchev–Trinajstić information content (AvgIpc) is 3.10. The highest BCUT2D eigenvalue weighted by Gasteiger charge is 2.25. The first kappa shape index (κ1) is 22.1. The Bertz CT molecular complexity index is 1200. The van der Waals surface area contributed by atoms with Crippen LogP contribution >= 0.6 is 11.6 Å². The lowest BCUT2D eigenvalue weighted by molar-refractivity contribution is 0.103. The summed E-state index contributed by atoms with van der Waals surface area (Å²) in [6.45, 7) is 0.371. The van der Waals surface area contributed by atoms with Crippen LogP contribution in [0.4, 0.5) is 14.5 Å². The smallest absolute Gasteiger partial charge is 0.299 e. The van der Waals surface area contributed by atoms with Crippen molar-refractivity contribution in [1.29, 1.82) is 0 Å². The molecule has 3 rings (SSSR count). The van der Waals surface area contributed by atoms with Gasteiger partial charge < -0.3 is 9.72 Å². The molecule has 160 valence electrons. The molecule has 3 N–H and O–H groups in total. The molecule has 0 amide bonds. The second kappa shape index (κ2) is 9.04. The van der Waals surface area contributed by atoms with Crippen LogP contribution in [0.2, 0.25) is 5.02 Å². The zero-order valence-electron chi connectivity index (χ0n) is 15.6. The summed E-state index contributed by atoms with van der Waals surface area (Å²) in [6.07, 6.45) is 3.00. The number of anilines is 1. The van der Waals surface area contributed by atoms with Gasteiger partial charge in [0, 0.05) is 43.6 Å². The molecule has 30 heavy (non-hydrogen) atoms. The Morgan fingerprint density at radius 3 is 2.83 bits per heavy atom. The van der Waals surface area contributed by atoms with Gasteiger partial charge in [0.2, 0.25) is 5.78 Å². The van der Waals surface area contributed by atoms with Crippen LogP contribution < -0.4 is 9.44 Å². The highest BCUT2D eigenvalue weighted by Crippen LogP contribution is 2.28. The molecule has 0 saturated carbocycles. The van der Waals surface area contributed by atoms with E-state index in [-0.39, 0.29) is 22.5 Å². The normalized spacial score (nSPS) is 11.7. The van der Waals surface area contributed by atoms with E-state index in [1.54, 1.807) is 0 Å². The fraction of sp³-hybridized carbons (Fsp3) is 0.222. The number of methoxy groups -OCH3 is 1. The number of hydrogen-bond acceptors (Lipinski definition) is 5. The third-order valence-corrected chi connectivity index (χ3v) is 5.40. The number of nitrogens with zero attached hydrogens (tertiary/aromatic N) is 1. The maximum Gasteiger partial charge on any atom is 0.299 e. The zero-order chi connectivity index (χ0) is 21.9. The number of ether oxygens (including phenoxy) is 1. The number of nitrogens with one attached hydrogen (secondary N) is 3. The van der Waals surface area contributed by atoms with Crippen LogP contribution in [0.25, 0.3) is 11.0 Å². The first-order valence-corrected chi connectivity index (χ1v) is 10.5. The number of rotatable bonds is 9. The van der Waals surface area contributed by atoms with Crippen molar-refractivity contribution < 1.29 is 26.7 Å². The third kappa shape index (κ3) is 4.75. The summed E-state index contributed by atoms with van der Waals surface area (Å²) in [6, 6.07) is 3.13. The van der Waals surface area contributed by atoms with Crippen LogP contribution in [-0.4, -0.2) is 44.4 Å². The van der Waals surface area contributed by atoms with E-state index in [0.29, 0.717) is 18.7 Å². The zero-order valence-corrected chi connectivity index (χ0v) is 17.2. The summed E-state index contributed by atoms with van der Waals surface area (Å²) in [5, 5.41) is 0.509. The standard InChI is InChI=1S/C18H17ClF2N4O4S/c1-29-6-2-5-24-30(27,28)25-14-4-3-13(20)15(16(14)21)17(26)12-9-23-18-11(12)7-10(19)8-22-18/h3-4,7-9,24-25H,2,5-6H2,1H3,(H,22,23). The number of pyridine rings is 1. The molecule has 8 nitrogen and oxygen atoms in total. The second-order valence-corrected chi connectivity index (χ2v) is 8.15. The van der Waals surface area contributed by atoms with E-state index < -0.39 is 38.9 Å². The van der Waals surface area contributed by atoms with Gasteiger partial charge in [0.15, 0.2) is 5.82 Å². The average molecular weight is 459 g/mol. The van der Waals surface area contributed by atoms with Crippen LogP contribution in [0.1, 0.15) is 22.3 Å². The van der Waals surface area contributed by atoms with Crippen LogP contribution in [0.5, 0.6) is 0 Å². The predicted molar refractivity (Wildman–Crippen MR) is 108 cm³/mol. The Hall–Kier alpha value is -2.60.